The van der Waals surface area contributed by atoms with E-state index in [-0.39, 0.29) is 5.56 Å². The molecule has 1 aliphatic heterocycles. The van der Waals surface area contributed by atoms with Crippen molar-refractivity contribution in [2.45, 2.75) is 57.3 Å². The van der Waals surface area contributed by atoms with Crippen LogP contribution in [0.5, 0.6) is 0 Å². The van der Waals surface area contributed by atoms with E-state index in [2.05, 4.69) is 0 Å². The molecule has 1 fully saturated rings. The molecule has 0 saturated carbocycles. The summed E-state index contributed by atoms with van der Waals surface area (Å²) < 4.78 is 64.1. The highest BCUT2D eigenvalue weighted by Crippen LogP contribution is 2.46. The second kappa shape index (κ2) is 6.15. The van der Waals surface area contributed by atoms with Gasteiger partial charge in [-0.1, -0.05) is 0 Å². The van der Waals surface area contributed by atoms with Crippen molar-refractivity contribution in [1.29, 1.82) is 0 Å². The first-order valence-electron chi connectivity index (χ1n) is 7.54. The molecular weight excluding hydrogens is 327 g/mol. The molecule has 0 spiro atoms. The Morgan fingerprint density at radius 3 is 1.96 bits per heavy atom. The lowest BCUT2D eigenvalue weighted by atomic mass is 9.68. The topological polar surface area (TPSA) is 35.5 Å². The van der Waals surface area contributed by atoms with E-state index >= 15 is 0 Å². The number of Topliss-reactive ketones (excluding diaryl/α,β-unsaturated/α-hetero) is 1. The van der Waals surface area contributed by atoms with Crippen molar-refractivity contribution in [3.8, 4) is 0 Å². The maximum Gasteiger partial charge on any atom is 0.470 e. The molecule has 1 heterocycles. The minimum absolute atomic E-state index is 0.0159. The Morgan fingerprint density at radius 2 is 1.54 bits per heavy atom. The lowest BCUT2D eigenvalue weighted by Gasteiger charge is -2.32. The number of hydrogen-bond acceptors (Lipinski definition) is 3. The number of carbonyl (C=O) groups excluding carboxylic acids is 1. The second-order valence-electron chi connectivity index (χ2n) is 6.91. The van der Waals surface area contributed by atoms with Crippen molar-refractivity contribution in [3.63, 3.8) is 0 Å². The molecule has 2 rings (SSSR count). The summed E-state index contributed by atoms with van der Waals surface area (Å²) in [6, 6.07) is 4.39. The van der Waals surface area contributed by atoms with Gasteiger partial charge in [0.25, 0.3) is 0 Å². The summed E-state index contributed by atoms with van der Waals surface area (Å²) in [6.07, 6.45) is -5.50. The van der Waals surface area contributed by atoms with Crippen LogP contribution in [0.2, 0.25) is 5.82 Å². The molecule has 1 atom stereocenters. The zero-order chi connectivity index (χ0) is 18.3. The van der Waals surface area contributed by atoms with Gasteiger partial charge in [-0.3, -0.25) is 4.79 Å². The molecule has 1 aromatic carbocycles. The average Bonchev–Trinajstić information content (AvgIpc) is 2.63. The molecule has 1 aliphatic rings. The number of carbonyl (C=O) groups is 1. The molecule has 0 aromatic heterocycles. The fraction of sp³-hybridized carbons (Fsp3) is 0.562. The Bertz CT molecular complexity index is 595. The van der Waals surface area contributed by atoms with E-state index in [4.69, 9.17) is 9.31 Å². The Kier molecular flexibility index (Phi) is 4.85. The first-order valence-corrected chi connectivity index (χ1v) is 7.54. The van der Waals surface area contributed by atoms with Crippen LogP contribution in [0.1, 0.15) is 44.5 Å². The molecule has 8 heteroatoms. The Morgan fingerprint density at radius 1 is 1.08 bits per heavy atom. The lowest BCUT2D eigenvalue weighted by molar-refractivity contribution is -0.138. The van der Waals surface area contributed by atoms with Gasteiger partial charge in [-0.05, 0) is 52.0 Å². The highest BCUT2D eigenvalue weighted by atomic mass is 19.4. The highest BCUT2D eigenvalue weighted by molar-refractivity contribution is 6.48. The van der Waals surface area contributed by atoms with Crippen molar-refractivity contribution >= 4 is 12.9 Å². The average molecular weight is 346 g/mol. The number of halogens is 4. The predicted molar refractivity (Wildman–Crippen MR) is 81.2 cm³/mol. The summed E-state index contributed by atoms with van der Waals surface area (Å²) in [4.78, 5) is 12.2. The highest BCUT2D eigenvalue weighted by Gasteiger charge is 2.60. The maximum atomic E-state index is 13.4. The van der Waals surface area contributed by atoms with Gasteiger partial charge in [0, 0.05) is 12.0 Å². The molecule has 0 aliphatic carbocycles. The molecule has 1 aromatic rings. The maximum absolute atomic E-state index is 13.4. The van der Waals surface area contributed by atoms with Crippen LogP contribution in [0.25, 0.3) is 0 Å². The molecule has 24 heavy (non-hydrogen) atoms. The number of benzene rings is 1. The van der Waals surface area contributed by atoms with E-state index in [9.17, 15) is 22.4 Å². The Labute approximate surface area is 138 Å². The fourth-order valence-corrected chi connectivity index (χ4v) is 2.37. The summed E-state index contributed by atoms with van der Waals surface area (Å²) in [6.45, 7) is 6.56. The standard InChI is InChI=1S/C16H19BF4O3/c1-14(2)15(3,4)24-17(23-14)13(16(19,20)21)9-12(22)10-5-7-11(18)8-6-10/h5-8,13H,9H2,1-4H3/t13-/m0/s1. The third-order valence-corrected chi connectivity index (χ3v) is 4.59. The molecule has 132 valence electrons. The largest absolute Gasteiger partial charge is 0.470 e. The van der Waals surface area contributed by atoms with E-state index in [1.54, 1.807) is 27.7 Å². The van der Waals surface area contributed by atoms with Crippen LogP contribution in [-0.4, -0.2) is 30.3 Å². The van der Waals surface area contributed by atoms with Gasteiger partial charge in [-0.25, -0.2) is 4.39 Å². The third kappa shape index (κ3) is 3.80. The predicted octanol–water partition coefficient (Wildman–Crippen LogP) is 4.42. The van der Waals surface area contributed by atoms with Crippen molar-refractivity contribution in [2.75, 3.05) is 0 Å². The van der Waals surface area contributed by atoms with Gasteiger partial charge in [0.2, 0.25) is 0 Å². The summed E-state index contributed by atoms with van der Waals surface area (Å²) in [5, 5.41) is 0. The molecule has 3 nitrogen and oxygen atoms in total. The summed E-state index contributed by atoms with van der Waals surface area (Å²) >= 11 is 0. The number of ketones is 1. The quantitative estimate of drug-likeness (QED) is 0.460. The monoisotopic (exact) mass is 346 g/mol. The minimum Gasteiger partial charge on any atom is -0.403 e. The van der Waals surface area contributed by atoms with Gasteiger partial charge in [0.05, 0.1) is 17.0 Å². The normalized spacial score (nSPS) is 20.9. The van der Waals surface area contributed by atoms with E-state index in [1.165, 1.54) is 0 Å². The van der Waals surface area contributed by atoms with Crippen molar-refractivity contribution in [1.82, 2.24) is 0 Å². The lowest BCUT2D eigenvalue weighted by Crippen LogP contribution is -2.41. The van der Waals surface area contributed by atoms with E-state index in [1.807, 2.05) is 0 Å². The van der Waals surface area contributed by atoms with Crippen LogP contribution in [0, 0.1) is 5.82 Å². The SMILES string of the molecule is CC1(C)OB([C@@H](CC(=O)c2ccc(F)cc2)C(F)(F)F)OC1(C)C. The molecule has 0 unspecified atom stereocenters. The third-order valence-electron chi connectivity index (χ3n) is 4.59. The Balaban J connectivity index is 2.22. The molecular formula is C16H19BF4O3. The molecule has 1 saturated heterocycles. The van der Waals surface area contributed by atoms with Crippen LogP contribution in [0.4, 0.5) is 17.6 Å². The molecule has 0 bridgehead atoms. The van der Waals surface area contributed by atoms with Gasteiger partial charge in [-0.15, -0.1) is 0 Å². The van der Waals surface area contributed by atoms with Crippen LogP contribution in [0.15, 0.2) is 24.3 Å². The number of alkyl halides is 3. The first kappa shape index (κ1) is 18.9. The van der Waals surface area contributed by atoms with Gasteiger partial charge in [0.1, 0.15) is 5.82 Å². The number of hydrogen-bond donors (Lipinski definition) is 0. The van der Waals surface area contributed by atoms with Crippen molar-refractivity contribution in [2.24, 2.45) is 0 Å². The molecule has 0 amide bonds. The zero-order valence-electron chi connectivity index (χ0n) is 13.9. The summed E-state index contributed by atoms with van der Waals surface area (Å²) in [5.74, 6) is -3.41. The van der Waals surface area contributed by atoms with E-state index < -0.39 is 48.3 Å². The molecule has 0 radical (unpaired) electrons. The van der Waals surface area contributed by atoms with Crippen LogP contribution < -0.4 is 0 Å². The smallest absolute Gasteiger partial charge is 0.403 e. The van der Waals surface area contributed by atoms with Gasteiger partial charge >= 0.3 is 13.3 Å². The van der Waals surface area contributed by atoms with E-state index in [0.717, 1.165) is 24.3 Å². The van der Waals surface area contributed by atoms with Gasteiger partial charge in [0.15, 0.2) is 5.78 Å². The minimum atomic E-state index is -4.67. The van der Waals surface area contributed by atoms with Gasteiger partial charge < -0.3 is 9.31 Å². The van der Waals surface area contributed by atoms with Crippen LogP contribution in [0.3, 0.4) is 0 Å². The first-order chi connectivity index (χ1) is 10.8. The zero-order valence-corrected chi connectivity index (χ0v) is 13.9. The van der Waals surface area contributed by atoms with Crippen molar-refractivity contribution < 1.29 is 31.7 Å². The van der Waals surface area contributed by atoms with Crippen molar-refractivity contribution in [3.05, 3.63) is 35.6 Å². The second-order valence-corrected chi connectivity index (χ2v) is 6.91. The number of rotatable bonds is 4. The molecule has 0 N–H and O–H groups in total. The van der Waals surface area contributed by atoms with Crippen LogP contribution >= 0.6 is 0 Å². The Hall–Kier alpha value is -1.41. The van der Waals surface area contributed by atoms with Gasteiger partial charge in [-0.2, -0.15) is 13.2 Å². The van der Waals surface area contributed by atoms with Crippen LogP contribution in [-0.2, 0) is 9.31 Å². The fourth-order valence-electron chi connectivity index (χ4n) is 2.37. The summed E-state index contributed by atoms with van der Waals surface area (Å²) in [7, 11) is -1.57. The van der Waals surface area contributed by atoms with E-state index in [0.29, 0.717) is 0 Å². The summed E-state index contributed by atoms with van der Waals surface area (Å²) in [5.41, 5.74) is -1.85.